The van der Waals surface area contributed by atoms with Crippen LogP contribution in [0.15, 0.2) is 24.3 Å². The number of benzene rings is 1. The first-order valence-electron chi connectivity index (χ1n) is 8.21. The molecule has 8 heteroatoms. The molecule has 1 aromatic carbocycles. The monoisotopic (exact) mass is 370 g/mol. The lowest BCUT2D eigenvalue weighted by Gasteiger charge is -2.19. The van der Waals surface area contributed by atoms with Gasteiger partial charge >= 0.3 is 6.09 Å². The molecule has 7 nitrogen and oxygen atoms in total. The van der Waals surface area contributed by atoms with Gasteiger partial charge in [0.15, 0.2) is 13.1 Å². The summed E-state index contributed by atoms with van der Waals surface area (Å²) in [6.07, 6.45) is -0.778. The topological polar surface area (TPSA) is 88.9 Å². The Morgan fingerprint density at radius 2 is 1.80 bits per heavy atom. The first-order chi connectivity index (χ1) is 11.9. The van der Waals surface area contributed by atoms with Gasteiger partial charge in [0, 0.05) is 5.02 Å². The van der Waals surface area contributed by atoms with E-state index in [1.165, 1.54) is 0 Å². The molecule has 0 aliphatic rings. The molecule has 3 N–H and O–H groups in total. The summed E-state index contributed by atoms with van der Waals surface area (Å²) in [5.74, 6) is -0.685. The Bertz CT molecular complexity index is 609. The van der Waals surface area contributed by atoms with Crippen molar-refractivity contribution in [3.05, 3.63) is 34.9 Å². The number of amides is 3. The van der Waals surface area contributed by atoms with Gasteiger partial charge in [0.2, 0.25) is 0 Å². The van der Waals surface area contributed by atoms with E-state index in [0.717, 1.165) is 10.5 Å². The number of rotatable bonds is 8. The molecule has 1 unspecified atom stereocenters. The first kappa shape index (κ1) is 20.9. The van der Waals surface area contributed by atoms with Crippen molar-refractivity contribution < 1.29 is 24.0 Å². The molecule has 1 rings (SSSR count). The summed E-state index contributed by atoms with van der Waals surface area (Å²) >= 11 is 6.13. The molecule has 3 amide bonds. The Kier molecular flexibility index (Phi) is 8.94. The zero-order valence-electron chi connectivity index (χ0n) is 14.7. The Hall–Kier alpha value is -2.12. The maximum Gasteiger partial charge on any atom is 0.414 e. The van der Waals surface area contributed by atoms with Crippen molar-refractivity contribution in [3.63, 3.8) is 0 Å². The van der Waals surface area contributed by atoms with Crippen molar-refractivity contribution in [1.82, 2.24) is 10.6 Å². The summed E-state index contributed by atoms with van der Waals surface area (Å²) < 4.78 is 4.65. The van der Waals surface area contributed by atoms with Crippen LogP contribution in [0.5, 0.6) is 0 Å². The highest BCUT2D eigenvalue weighted by Gasteiger charge is 2.20. The Morgan fingerprint density at radius 3 is 2.40 bits per heavy atom. The quantitative estimate of drug-likeness (QED) is 0.628. The number of alkyl carbamates (subject to hydrolysis) is 1. The summed E-state index contributed by atoms with van der Waals surface area (Å²) in [4.78, 5) is 36.0. The third kappa shape index (κ3) is 7.53. The van der Waals surface area contributed by atoms with E-state index in [-0.39, 0.29) is 31.6 Å². The van der Waals surface area contributed by atoms with Crippen LogP contribution < -0.4 is 15.5 Å². The predicted octanol–water partition coefficient (Wildman–Crippen LogP) is 0.695. The summed E-state index contributed by atoms with van der Waals surface area (Å²) in [7, 11) is 0. The van der Waals surface area contributed by atoms with Gasteiger partial charge < -0.3 is 15.0 Å². The molecule has 0 bridgehead atoms. The van der Waals surface area contributed by atoms with Crippen LogP contribution in [0.1, 0.15) is 32.4 Å². The highest BCUT2D eigenvalue weighted by molar-refractivity contribution is 6.31. The number of quaternary nitrogens is 1. The van der Waals surface area contributed by atoms with E-state index in [2.05, 4.69) is 15.4 Å². The van der Waals surface area contributed by atoms with Crippen LogP contribution >= 0.6 is 11.6 Å². The van der Waals surface area contributed by atoms with Gasteiger partial charge in [-0.15, -0.1) is 0 Å². The molecular formula is C17H25ClN3O4+. The second-order valence-electron chi connectivity index (χ2n) is 5.54. The van der Waals surface area contributed by atoms with Crippen LogP contribution in [-0.4, -0.2) is 44.1 Å². The molecule has 2 atom stereocenters. The normalized spacial score (nSPS) is 12.8. The van der Waals surface area contributed by atoms with E-state index in [9.17, 15) is 14.4 Å². The fraction of sp³-hybridized carbons (Fsp3) is 0.471. The van der Waals surface area contributed by atoms with E-state index >= 15 is 0 Å². The van der Waals surface area contributed by atoms with Gasteiger partial charge in [-0.05, 0) is 32.4 Å². The summed E-state index contributed by atoms with van der Waals surface area (Å²) in [5.41, 5.74) is 0.829. The second-order valence-corrected chi connectivity index (χ2v) is 5.94. The van der Waals surface area contributed by atoms with Crippen LogP contribution in [0.25, 0.3) is 0 Å². The molecule has 0 radical (unpaired) electrons. The van der Waals surface area contributed by atoms with Gasteiger partial charge in [-0.2, -0.15) is 0 Å². The smallest absolute Gasteiger partial charge is 0.414 e. The van der Waals surface area contributed by atoms with Crippen molar-refractivity contribution in [3.8, 4) is 0 Å². The minimum Gasteiger partial charge on any atom is -0.450 e. The highest BCUT2D eigenvalue weighted by atomic mass is 35.5. The standard InChI is InChI=1S/C17H24ClN3O4/c1-4-21(11-16(23)20-17(24)25-5-2)10-15(22)19-12(3)13-8-6-7-9-14(13)18/h6-9,12H,4-5,10-11H2,1-3H3,(H,19,22)(H,20,23,24)/p+1/t12-/m0/s1. The van der Waals surface area contributed by atoms with Crippen LogP contribution in [0.2, 0.25) is 5.02 Å². The van der Waals surface area contributed by atoms with Gasteiger partial charge in [0.25, 0.3) is 11.8 Å². The summed E-state index contributed by atoms with van der Waals surface area (Å²) in [6, 6.07) is 7.05. The lowest BCUT2D eigenvalue weighted by molar-refractivity contribution is -0.881. The van der Waals surface area contributed by atoms with Crippen LogP contribution in [0, 0.1) is 0 Å². The van der Waals surface area contributed by atoms with E-state index < -0.39 is 12.0 Å². The van der Waals surface area contributed by atoms with Gasteiger partial charge in [-0.1, -0.05) is 29.8 Å². The summed E-state index contributed by atoms with van der Waals surface area (Å²) in [6.45, 7) is 6.22. The summed E-state index contributed by atoms with van der Waals surface area (Å²) in [5, 5.41) is 5.58. The average Bonchev–Trinajstić information content (AvgIpc) is 2.54. The molecule has 0 aliphatic heterocycles. The SMILES string of the molecule is CCOC(=O)NC(=O)C[NH+](CC)CC(=O)N[C@@H](C)c1ccccc1Cl. The first-order valence-corrected chi connectivity index (χ1v) is 8.59. The lowest BCUT2D eigenvalue weighted by atomic mass is 10.1. The van der Waals surface area contributed by atoms with E-state index in [1.807, 2.05) is 32.0 Å². The molecular weight excluding hydrogens is 346 g/mol. The minimum absolute atomic E-state index is 0.00318. The molecule has 0 spiro atoms. The molecule has 25 heavy (non-hydrogen) atoms. The number of hydrogen-bond donors (Lipinski definition) is 3. The van der Waals surface area contributed by atoms with Gasteiger partial charge in [-0.3, -0.25) is 14.9 Å². The number of imide groups is 1. The highest BCUT2D eigenvalue weighted by Crippen LogP contribution is 2.21. The molecule has 0 heterocycles. The Balaban J connectivity index is 2.51. The van der Waals surface area contributed by atoms with E-state index in [1.54, 1.807) is 13.0 Å². The maximum absolute atomic E-state index is 12.2. The third-order valence-electron chi connectivity index (χ3n) is 3.59. The number of ether oxygens (including phenoxy) is 1. The number of halogens is 1. The number of carbonyl (C=O) groups is 3. The van der Waals surface area contributed by atoms with E-state index in [0.29, 0.717) is 11.6 Å². The average molecular weight is 371 g/mol. The van der Waals surface area contributed by atoms with Crippen molar-refractivity contribution in [2.24, 2.45) is 0 Å². The Morgan fingerprint density at radius 1 is 1.16 bits per heavy atom. The molecule has 0 aromatic heterocycles. The van der Waals surface area contributed by atoms with Crippen molar-refractivity contribution in [1.29, 1.82) is 0 Å². The van der Waals surface area contributed by atoms with Gasteiger partial charge in [0.05, 0.1) is 19.2 Å². The lowest BCUT2D eigenvalue weighted by Crippen LogP contribution is -3.14. The van der Waals surface area contributed by atoms with Gasteiger partial charge in [-0.25, -0.2) is 4.79 Å². The zero-order chi connectivity index (χ0) is 18.8. The molecule has 0 saturated carbocycles. The number of nitrogens with one attached hydrogen (secondary N) is 3. The fourth-order valence-corrected chi connectivity index (χ4v) is 2.59. The molecule has 0 aliphatic carbocycles. The van der Waals surface area contributed by atoms with E-state index in [4.69, 9.17) is 11.6 Å². The second kappa shape index (κ2) is 10.7. The molecule has 0 saturated heterocycles. The van der Waals surface area contributed by atoms with Crippen molar-refractivity contribution in [2.75, 3.05) is 26.2 Å². The largest absolute Gasteiger partial charge is 0.450 e. The Labute approximate surface area is 152 Å². The number of likely N-dealkylation sites (N-methyl/N-ethyl adjacent to an activating group) is 1. The fourth-order valence-electron chi connectivity index (χ4n) is 2.29. The van der Waals surface area contributed by atoms with Crippen LogP contribution in [0.4, 0.5) is 4.79 Å². The van der Waals surface area contributed by atoms with Gasteiger partial charge in [0.1, 0.15) is 0 Å². The van der Waals surface area contributed by atoms with Crippen LogP contribution in [0.3, 0.4) is 0 Å². The molecule has 0 fully saturated rings. The van der Waals surface area contributed by atoms with Crippen molar-refractivity contribution in [2.45, 2.75) is 26.8 Å². The number of hydrogen-bond acceptors (Lipinski definition) is 4. The third-order valence-corrected chi connectivity index (χ3v) is 3.93. The van der Waals surface area contributed by atoms with Crippen molar-refractivity contribution >= 4 is 29.5 Å². The van der Waals surface area contributed by atoms with Crippen LogP contribution in [-0.2, 0) is 14.3 Å². The maximum atomic E-state index is 12.2. The zero-order valence-corrected chi connectivity index (χ0v) is 15.5. The number of carbonyl (C=O) groups excluding carboxylic acids is 3. The molecule has 1 aromatic rings. The minimum atomic E-state index is -0.778. The molecule has 138 valence electrons. The predicted molar refractivity (Wildman–Crippen MR) is 94.4 cm³/mol.